The highest BCUT2D eigenvalue weighted by atomic mass is 19.4. The molecule has 9 heteroatoms. The zero-order chi connectivity index (χ0) is 29.7. The summed E-state index contributed by atoms with van der Waals surface area (Å²) in [5.74, 6) is -2.32. The van der Waals surface area contributed by atoms with Gasteiger partial charge in [-0.3, -0.25) is 14.9 Å². The molecule has 0 spiro atoms. The average Bonchev–Trinajstić information content (AvgIpc) is 2.99. The van der Waals surface area contributed by atoms with Crippen LogP contribution in [0.5, 0.6) is 0 Å². The van der Waals surface area contributed by atoms with E-state index in [9.17, 15) is 22.8 Å². The Morgan fingerprint density at radius 1 is 0.756 bits per heavy atom. The molecule has 0 aliphatic carbocycles. The molecule has 0 fully saturated rings. The van der Waals surface area contributed by atoms with Crippen molar-refractivity contribution in [2.24, 2.45) is 0 Å². The van der Waals surface area contributed by atoms with Gasteiger partial charge in [-0.25, -0.2) is 0 Å². The van der Waals surface area contributed by atoms with Crippen LogP contribution in [0.1, 0.15) is 48.8 Å². The van der Waals surface area contributed by atoms with Crippen molar-refractivity contribution >= 4 is 11.9 Å². The number of hydrogen-bond acceptors (Lipinski definition) is 5. The number of amides is 1. The molecule has 2 atom stereocenters. The largest absolute Gasteiger partial charge is 0.471 e. The number of alkyl halides is 3. The van der Waals surface area contributed by atoms with Crippen LogP contribution in [0.25, 0.3) is 0 Å². The van der Waals surface area contributed by atoms with Crippen molar-refractivity contribution in [2.75, 3.05) is 20.8 Å². The predicted octanol–water partition coefficient (Wildman–Crippen LogP) is 5.75. The standard InChI is InChI=1S/C32H37F3N2O4/c1-40-28(36-23-22-29(38)41-2)21-13-12-20-27(37-30(39)32(33,34)35)31(24-14-6-3-7-15-24,25-16-8-4-9-17-25)26-18-10-5-11-19-26/h3-11,14-19,27-28,36H,12-13,20-23H2,1-2H3,(H,37,39). The van der Waals surface area contributed by atoms with E-state index in [0.717, 1.165) is 16.7 Å². The zero-order valence-corrected chi connectivity index (χ0v) is 23.3. The Morgan fingerprint density at radius 3 is 1.63 bits per heavy atom. The predicted molar refractivity (Wildman–Crippen MR) is 151 cm³/mol. The Morgan fingerprint density at radius 2 is 1.22 bits per heavy atom. The van der Waals surface area contributed by atoms with E-state index in [1.165, 1.54) is 7.11 Å². The average molecular weight is 571 g/mol. The van der Waals surface area contributed by atoms with Crippen LogP contribution in [0.3, 0.4) is 0 Å². The summed E-state index contributed by atoms with van der Waals surface area (Å²) in [5, 5.41) is 5.53. The van der Waals surface area contributed by atoms with Gasteiger partial charge in [0.2, 0.25) is 0 Å². The summed E-state index contributed by atoms with van der Waals surface area (Å²) >= 11 is 0. The Hall–Kier alpha value is -3.69. The fourth-order valence-corrected chi connectivity index (χ4v) is 5.26. The smallest absolute Gasteiger partial charge is 0.469 e. The number of carbonyl (C=O) groups excluding carboxylic acids is 2. The number of nitrogens with one attached hydrogen (secondary N) is 2. The lowest BCUT2D eigenvalue weighted by molar-refractivity contribution is -0.174. The van der Waals surface area contributed by atoms with Gasteiger partial charge in [0.1, 0.15) is 6.23 Å². The summed E-state index contributed by atoms with van der Waals surface area (Å²) in [7, 11) is 2.87. The van der Waals surface area contributed by atoms with Gasteiger partial charge in [-0.1, -0.05) is 97.4 Å². The third-order valence-electron chi connectivity index (χ3n) is 7.20. The van der Waals surface area contributed by atoms with Gasteiger partial charge in [0.15, 0.2) is 0 Å². The first-order valence-electron chi connectivity index (χ1n) is 13.6. The summed E-state index contributed by atoms with van der Waals surface area (Å²) in [6.45, 7) is 0.370. The van der Waals surface area contributed by atoms with E-state index in [2.05, 4.69) is 15.4 Å². The number of halogens is 3. The molecule has 0 saturated carbocycles. The molecular weight excluding hydrogens is 533 g/mol. The Labute approximate surface area is 239 Å². The summed E-state index contributed by atoms with van der Waals surface area (Å²) in [6.07, 6.45) is -3.25. The summed E-state index contributed by atoms with van der Waals surface area (Å²) in [4.78, 5) is 23.9. The second-order valence-electron chi connectivity index (χ2n) is 9.72. The minimum absolute atomic E-state index is 0.190. The lowest BCUT2D eigenvalue weighted by Crippen LogP contribution is -2.54. The van der Waals surface area contributed by atoms with E-state index in [-0.39, 0.29) is 25.0 Å². The first kappa shape index (κ1) is 31.8. The summed E-state index contributed by atoms with van der Waals surface area (Å²) in [6, 6.07) is 27.0. The molecule has 0 saturated heterocycles. The number of hydrogen-bond donors (Lipinski definition) is 2. The molecule has 0 aliphatic rings. The lowest BCUT2D eigenvalue weighted by atomic mass is 9.63. The Kier molecular flexibility index (Phi) is 11.9. The molecule has 3 aromatic rings. The van der Waals surface area contributed by atoms with Crippen LogP contribution < -0.4 is 10.6 Å². The number of rotatable bonds is 15. The molecule has 2 N–H and O–H groups in total. The highest BCUT2D eigenvalue weighted by Crippen LogP contribution is 2.44. The molecule has 3 aromatic carbocycles. The third-order valence-corrected chi connectivity index (χ3v) is 7.20. The molecule has 3 rings (SSSR count). The maximum atomic E-state index is 13.7. The van der Waals surface area contributed by atoms with Gasteiger partial charge in [-0.2, -0.15) is 13.2 Å². The normalized spacial score (nSPS) is 13.3. The topological polar surface area (TPSA) is 76.7 Å². The van der Waals surface area contributed by atoms with Crippen molar-refractivity contribution in [3.05, 3.63) is 108 Å². The van der Waals surface area contributed by atoms with Crippen LogP contribution in [-0.2, 0) is 24.5 Å². The van der Waals surface area contributed by atoms with Crippen LogP contribution in [0.2, 0.25) is 0 Å². The van der Waals surface area contributed by atoms with E-state index in [1.54, 1.807) is 7.11 Å². The van der Waals surface area contributed by atoms with Gasteiger partial charge in [-0.15, -0.1) is 0 Å². The molecule has 6 nitrogen and oxygen atoms in total. The molecule has 0 heterocycles. The first-order chi connectivity index (χ1) is 19.7. The quantitative estimate of drug-likeness (QED) is 0.105. The fourth-order valence-electron chi connectivity index (χ4n) is 5.26. The molecular formula is C32H37F3N2O4. The van der Waals surface area contributed by atoms with Crippen LogP contribution in [0, 0.1) is 0 Å². The van der Waals surface area contributed by atoms with E-state index in [1.807, 2.05) is 91.0 Å². The molecule has 220 valence electrons. The van der Waals surface area contributed by atoms with E-state index < -0.39 is 23.5 Å². The van der Waals surface area contributed by atoms with Crippen LogP contribution in [0.15, 0.2) is 91.0 Å². The molecule has 41 heavy (non-hydrogen) atoms. The van der Waals surface area contributed by atoms with Crippen molar-refractivity contribution in [2.45, 2.75) is 56.0 Å². The van der Waals surface area contributed by atoms with Crippen LogP contribution in [-0.4, -0.2) is 51.1 Å². The highest BCUT2D eigenvalue weighted by Gasteiger charge is 2.48. The highest BCUT2D eigenvalue weighted by molar-refractivity contribution is 5.82. The minimum Gasteiger partial charge on any atom is -0.469 e. The van der Waals surface area contributed by atoms with Crippen LogP contribution in [0.4, 0.5) is 13.2 Å². The number of esters is 1. The number of ether oxygens (including phenoxy) is 2. The maximum Gasteiger partial charge on any atom is 0.471 e. The first-order valence-corrected chi connectivity index (χ1v) is 13.6. The van der Waals surface area contributed by atoms with Crippen molar-refractivity contribution in [1.82, 2.24) is 10.6 Å². The second kappa shape index (κ2) is 15.3. The van der Waals surface area contributed by atoms with Gasteiger partial charge in [0.05, 0.1) is 18.9 Å². The van der Waals surface area contributed by atoms with Crippen molar-refractivity contribution < 1.29 is 32.2 Å². The van der Waals surface area contributed by atoms with Gasteiger partial charge < -0.3 is 14.8 Å². The van der Waals surface area contributed by atoms with E-state index in [0.29, 0.717) is 25.8 Å². The number of benzene rings is 3. The SMILES string of the molecule is COC(=O)CCNC(CCCCC(NC(=O)C(F)(F)F)C(c1ccccc1)(c1ccccc1)c1ccccc1)OC. The number of methoxy groups -OCH3 is 2. The van der Waals surface area contributed by atoms with E-state index in [4.69, 9.17) is 4.74 Å². The Balaban J connectivity index is 1.98. The van der Waals surface area contributed by atoms with Gasteiger partial charge in [-0.05, 0) is 36.0 Å². The Bertz CT molecular complexity index is 1110. The number of carbonyl (C=O) groups is 2. The fraction of sp³-hybridized carbons (Fsp3) is 0.375. The second-order valence-corrected chi connectivity index (χ2v) is 9.72. The van der Waals surface area contributed by atoms with Gasteiger partial charge >= 0.3 is 18.1 Å². The third kappa shape index (κ3) is 8.41. The molecule has 1 amide bonds. The maximum absolute atomic E-state index is 13.7. The van der Waals surface area contributed by atoms with Crippen molar-refractivity contribution in [1.29, 1.82) is 0 Å². The van der Waals surface area contributed by atoms with E-state index >= 15 is 0 Å². The van der Waals surface area contributed by atoms with Crippen molar-refractivity contribution in [3.8, 4) is 0 Å². The summed E-state index contributed by atoms with van der Waals surface area (Å²) < 4.78 is 51.2. The zero-order valence-electron chi connectivity index (χ0n) is 23.3. The lowest BCUT2D eigenvalue weighted by Gasteiger charge is -2.43. The van der Waals surface area contributed by atoms with Crippen LogP contribution >= 0.6 is 0 Å². The van der Waals surface area contributed by atoms with Crippen molar-refractivity contribution in [3.63, 3.8) is 0 Å². The molecule has 0 radical (unpaired) electrons. The minimum atomic E-state index is -5.04. The van der Waals surface area contributed by atoms with Gasteiger partial charge in [0, 0.05) is 19.7 Å². The number of unbranched alkanes of at least 4 members (excludes halogenated alkanes) is 1. The molecule has 0 bridgehead atoms. The van der Waals surface area contributed by atoms with Gasteiger partial charge in [0.25, 0.3) is 0 Å². The summed E-state index contributed by atoms with van der Waals surface area (Å²) in [5.41, 5.74) is 1.20. The molecule has 0 aliphatic heterocycles. The molecule has 2 unspecified atom stereocenters. The molecule has 0 aromatic heterocycles. The monoisotopic (exact) mass is 570 g/mol.